The summed E-state index contributed by atoms with van der Waals surface area (Å²) in [6, 6.07) is 7.38. The van der Waals surface area contributed by atoms with Gasteiger partial charge in [0.1, 0.15) is 11.6 Å². The maximum Gasteiger partial charge on any atom is 0.136 e. The van der Waals surface area contributed by atoms with Crippen LogP contribution in [-0.4, -0.2) is 42.4 Å². The molecule has 5 heteroatoms. The van der Waals surface area contributed by atoms with Gasteiger partial charge in [0.15, 0.2) is 0 Å². The fourth-order valence-corrected chi connectivity index (χ4v) is 2.86. The predicted octanol–water partition coefficient (Wildman–Crippen LogP) is 1.88. The highest BCUT2D eigenvalue weighted by Crippen LogP contribution is 2.29. The molecule has 1 aromatic heterocycles. The third-order valence-corrected chi connectivity index (χ3v) is 3.94. The van der Waals surface area contributed by atoms with E-state index in [1.165, 1.54) is 0 Å². The van der Waals surface area contributed by atoms with Crippen LogP contribution < -0.4 is 10.6 Å². The Bertz CT molecular complexity index is 609. The molecule has 1 aliphatic heterocycles. The molecular weight excluding hydrogens is 266 g/mol. The van der Waals surface area contributed by atoms with E-state index in [9.17, 15) is 5.11 Å². The van der Waals surface area contributed by atoms with Crippen LogP contribution in [0.1, 0.15) is 12.8 Å². The highest BCUT2D eigenvalue weighted by molar-refractivity contribution is 5.93. The first-order valence-corrected chi connectivity index (χ1v) is 7.42. The number of hydrogen-bond acceptors (Lipinski definition) is 5. The maximum absolute atomic E-state index is 9.71. The average Bonchev–Trinajstić information content (AvgIpc) is 2.53. The van der Waals surface area contributed by atoms with E-state index < -0.39 is 0 Å². The van der Waals surface area contributed by atoms with Gasteiger partial charge < -0.3 is 20.5 Å². The molecule has 112 valence electrons. The molecule has 21 heavy (non-hydrogen) atoms. The number of nitrogens with zero attached hydrogens (tertiary/aromatic N) is 2. The minimum absolute atomic E-state index is 0.276. The van der Waals surface area contributed by atoms with E-state index in [2.05, 4.69) is 9.88 Å². The average molecular weight is 287 g/mol. The summed E-state index contributed by atoms with van der Waals surface area (Å²) < 4.78 is 5.71. The Labute approximate surface area is 124 Å². The number of pyridine rings is 1. The van der Waals surface area contributed by atoms with Crippen LogP contribution in [0.15, 0.2) is 30.5 Å². The van der Waals surface area contributed by atoms with Crippen molar-refractivity contribution in [2.75, 3.05) is 31.1 Å². The zero-order chi connectivity index (χ0) is 14.7. The molecule has 3 rings (SSSR count). The van der Waals surface area contributed by atoms with Crippen LogP contribution >= 0.6 is 0 Å². The van der Waals surface area contributed by atoms with E-state index in [-0.39, 0.29) is 5.75 Å². The van der Waals surface area contributed by atoms with Crippen LogP contribution in [-0.2, 0) is 4.74 Å². The SMILES string of the molecule is NCCOC1CCN(c2nccc3ccc(O)cc23)CC1. The number of rotatable bonds is 4. The largest absolute Gasteiger partial charge is 0.508 e. The predicted molar refractivity (Wildman–Crippen MR) is 83.6 cm³/mol. The summed E-state index contributed by atoms with van der Waals surface area (Å²) in [5, 5.41) is 11.8. The Balaban J connectivity index is 1.78. The van der Waals surface area contributed by atoms with Gasteiger partial charge in [0, 0.05) is 31.2 Å². The first-order chi connectivity index (χ1) is 10.3. The molecule has 0 spiro atoms. The smallest absolute Gasteiger partial charge is 0.136 e. The van der Waals surface area contributed by atoms with Gasteiger partial charge in [0.05, 0.1) is 12.7 Å². The van der Waals surface area contributed by atoms with Crippen molar-refractivity contribution in [1.29, 1.82) is 0 Å². The normalized spacial score (nSPS) is 16.5. The topological polar surface area (TPSA) is 71.6 Å². The standard InChI is InChI=1S/C16H21N3O2/c17-6-10-21-14-4-8-19(9-5-14)16-15-11-13(20)2-1-12(15)3-7-18-16/h1-3,7,11,14,20H,4-6,8-10,17H2. The first-order valence-electron chi connectivity index (χ1n) is 7.42. The van der Waals surface area contributed by atoms with Gasteiger partial charge >= 0.3 is 0 Å². The summed E-state index contributed by atoms with van der Waals surface area (Å²) in [7, 11) is 0. The molecule has 0 saturated carbocycles. The number of ether oxygens (including phenoxy) is 1. The summed E-state index contributed by atoms with van der Waals surface area (Å²) in [5.74, 6) is 1.22. The Morgan fingerprint density at radius 3 is 2.86 bits per heavy atom. The molecule has 2 heterocycles. The lowest BCUT2D eigenvalue weighted by atomic mass is 10.1. The number of phenols is 1. The molecule has 1 saturated heterocycles. The number of nitrogens with two attached hydrogens (primary N) is 1. The zero-order valence-corrected chi connectivity index (χ0v) is 12.0. The number of anilines is 1. The molecule has 0 atom stereocenters. The number of aromatic nitrogens is 1. The highest BCUT2D eigenvalue weighted by atomic mass is 16.5. The third-order valence-electron chi connectivity index (χ3n) is 3.94. The summed E-state index contributed by atoms with van der Waals surface area (Å²) in [4.78, 5) is 6.78. The monoisotopic (exact) mass is 287 g/mol. The molecule has 0 radical (unpaired) electrons. The number of fused-ring (bicyclic) bond motifs is 1. The van der Waals surface area contributed by atoms with Gasteiger partial charge in [-0.15, -0.1) is 0 Å². The van der Waals surface area contributed by atoms with Gasteiger partial charge in [0.25, 0.3) is 0 Å². The summed E-state index contributed by atoms with van der Waals surface area (Å²) >= 11 is 0. The van der Waals surface area contributed by atoms with Crippen LogP contribution in [0.2, 0.25) is 0 Å². The second-order valence-corrected chi connectivity index (χ2v) is 5.39. The molecule has 1 aromatic carbocycles. The Kier molecular flexibility index (Phi) is 4.22. The van der Waals surface area contributed by atoms with Gasteiger partial charge in [-0.05, 0) is 36.4 Å². The maximum atomic E-state index is 9.71. The molecule has 2 aromatic rings. The van der Waals surface area contributed by atoms with E-state index in [0.717, 1.165) is 42.5 Å². The summed E-state index contributed by atoms with van der Waals surface area (Å²) in [5.41, 5.74) is 5.47. The number of benzene rings is 1. The number of phenolic OH excluding ortho intramolecular Hbond substituents is 1. The second kappa shape index (κ2) is 6.28. The van der Waals surface area contributed by atoms with Crippen LogP contribution in [0.4, 0.5) is 5.82 Å². The highest BCUT2D eigenvalue weighted by Gasteiger charge is 2.21. The van der Waals surface area contributed by atoms with Gasteiger partial charge in [-0.3, -0.25) is 0 Å². The lowest BCUT2D eigenvalue weighted by molar-refractivity contribution is 0.0421. The molecule has 0 amide bonds. The van der Waals surface area contributed by atoms with Crippen LogP contribution in [0.5, 0.6) is 5.75 Å². The van der Waals surface area contributed by atoms with Crippen LogP contribution in [0.3, 0.4) is 0 Å². The molecule has 5 nitrogen and oxygen atoms in total. The summed E-state index contributed by atoms with van der Waals surface area (Å²) in [6.07, 6.45) is 4.09. The number of piperidine rings is 1. The Morgan fingerprint density at radius 2 is 2.10 bits per heavy atom. The molecule has 0 bridgehead atoms. The third kappa shape index (κ3) is 3.09. The lowest BCUT2D eigenvalue weighted by Crippen LogP contribution is -2.38. The molecule has 0 unspecified atom stereocenters. The lowest BCUT2D eigenvalue weighted by Gasteiger charge is -2.33. The van der Waals surface area contributed by atoms with E-state index in [1.54, 1.807) is 12.1 Å². The minimum Gasteiger partial charge on any atom is -0.508 e. The van der Waals surface area contributed by atoms with E-state index in [0.29, 0.717) is 19.3 Å². The van der Waals surface area contributed by atoms with Crippen molar-refractivity contribution in [2.45, 2.75) is 18.9 Å². The fourth-order valence-electron chi connectivity index (χ4n) is 2.86. The second-order valence-electron chi connectivity index (χ2n) is 5.39. The van der Waals surface area contributed by atoms with E-state index in [1.807, 2.05) is 18.3 Å². The first kappa shape index (κ1) is 14.1. The number of aromatic hydroxyl groups is 1. The van der Waals surface area contributed by atoms with Crippen LogP contribution in [0, 0.1) is 0 Å². The zero-order valence-electron chi connectivity index (χ0n) is 12.0. The van der Waals surface area contributed by atoms with E-state index in [4.69, 9.17) is 10.5 Å². The van der Waals surface area contributed by atoms with Crippen molar-refractivity contribution >= 4 is 16.6 Å². The van der Waals surface area contributed by atoms with Crippen molar-refractivity contribution in [2.24, 2.45) is 5.73 Å². The Hall–Kier alpha value is -1.85. The Morgan fingerprint density at radius 1 is 1.29 bits per heavy atom. The van der Waals surface area contributed by atoms with Crippen molar-refractivity contribution < 1.29 is 9.84 Å². The molecule has 1 aliphatic rings. The van der Waals surface area contributed by atoms with Gasteiger partial charge in [-0.2, -0.15) is 0 Å². The van der Waals surface area contributed by atoms with Crippen molar-refractivity contribution in [3.8, 4) is 5.75 Å². The van der Waals surface area contributed by atoms with Gasteiger partial charge in [0.2, 0.25) is 0 Å². The van der Waals surface area contributed by atoms with E-state index >= 15 is 0 Å². The van der Waals surface area contributed by atoms with Crippen molar-refractivity contribution in [3.05, 3.63) is 30.5 Å². The fraction of sp³-hybridized carbons (Fsp3) is 0.438. The minimum atomic E-state index is 0.276. The van der Waals surface area contributed by atoms with Gasteiger partial charge in [-0.1, -0.05) is 6.07 Å². The molecule has 0 aliphatic carbocycles. The quantitative estimate of drug-likeness (QED) is 0.898. The molecular formula is C16H21N3O2. The summed E-state index contributed by atoms with van der Waals surface area (Å²) in [6.45, 7) is 3.03. The van der Waals surface area contributed by atoms with Gasteiger partial charge in [-0.25, -0.2) is 4.98 Å². The number of hydrogen-bond donors (Lipinski definition) is 2. The molecule has 3 N–H and O–H groups in total. The molecule has 1 fully saturated rings. The van der Waals surface area contributed by atoms with Crippen LogP contribution in [0.25, 0.3) is 10.8 Å². The van der Waals surface area contributed by atoms with Crippen molar-refractivity contribution in [3.63, 3.8) is 0 Å². The van der Waals surface area contributed by atoms with Crippen molar-refractivity contribution in [1.82, 2.24) is 4.98 Å².